The zero-order valence-electron chi connectivity index (χ0n) is 14.7. The summed E-state index contributed by atoms with van der Waals surface area (Å²) in [6, 6.07) is 3.76. The molecule has 2 amide bonds. The summed E-state index contributed by atoms with van der Waals surface area (Å²) in [6.07, 6.45) is -0.138. The number of rotatable bonds is 7. The minimum atomic E-state index is -0.747. The molecular weight excluding hydrogens is 345 g/mol. The highest BCUT2D eigenvalue weighted by Gasteiger charge is 2.32. The molecule has 2 rings (SSSR count). The van der Waals surface area contributed by atoms with Crippen LogP contribution in [0.2, 0.25) is 0 Å². The van der Waals surface area contributed by atoms with Crippen LogP contribution in [-0.2, 0) is 25.7 Å². The molecule has 1 fully saturated rings. The number of carbonyl (C=O) groups excluding carboxylic acids is 3. The Kier molecular flexibility index (Phi) is 6.90. The molecule has 0 aromatic heterocycles. The van der Waals surface area contributed by atoms with Crippen molar-refractivity contribution < 1.29 is 28.2 Å². The third-order valence-electron chi connectivity index (χ3n) is 4.11. The van der Waals surface area contributed by atoms with E-state index in [-0.39, 0.29) is 25.4 Å². The number of methoxy groups -OCH3 is 2. The van der Waals surface area contributed by atoms with Crippen molar-refractivity contribution in [2.45, 2.75) is 19.0 Å². The van der Waals surface area contributed by atoms with Gasteiger partial charge in [-0.1, -0.05) is 6.07 Å². The van der Waals surface area contributed by atoms with E-state index in [2.05, 4.69) is 15.4 Å². The SMILES string of the molecule is COC(=O)CNC(=O)C[C@@H]1C(=O)NCCN1Cc1ccc(OC)cc1F. The van der Waals surface area contributed by atoms with Gasteiger partial charge in [0.25, 0.3) is 0 Å². The first-order valence-corrected chi connectivity index (χ1v) is 8.12. The average molecular weight is 367 g/mol. The van der Waals surface area contributed by atoms with Gasteiger partial charge >= 0.3 is 5.97 Å². The van der Waals surface area contributed by atoms with Crippen molar-refractivity contribution in [1.82, 2.24) is 15.5 Å². The summed E-state index contributed by atoms with van der Waals surface area (Å²) in [7, 11) is 2.67. The number of hydrogen-bond acceptors (Lipinski definition) is 6. The number of nitrogens with one attached hydrogen (secondary N) is 2. The molecular formula is C17H22FN3O5. The predicted molar refractivity (Wildman–Crippen MR) is 89.8 cm³/mol. The average Bonchev–Trinajstić information content (AvgIpc) is 2.63. The molecule has 0 saturated carbocycles. The lowest BCUT2D eigenvalue weighted by Gasteiger charge is -2.34. The number of benzene rings is 1. The minimum absolute atomic E-state index is 0.138. The molecule has 0 radical (unpaired) electrons. The number of amides is 2. The van der Waals surface area contributed by atoms with Gasteiger partial charge in [0.2, 0.25) is 11.8 Å². The molecule has 8 nitrogen and oxygen atoms in total. The number of piperazine rings is 1. The summed E-state index contributed by atoms with van der Waals surface area (Å²) in [4.78, 5) is 37.0. The van der Waals surface area contributed by atoms with Crippen LogP contribution < -0.4 is 15.4 Å². The van der Waals surface area contributed by atoms with E-state index in [0.717, 1.165) is 0 Å². The first kappa shape index (κ1) is 19.6. The molecule has 2 N–H and O–H groups in total. The first-order chi connectivity index (χ1) is 12.4. The molecule has 1 aromatic rings. The fraction of sp³-hybridized carbons (Fsp3) is 0.471. The van der Waals surface area contributed by atoms with E-state index in [9.17, 15) is 18.8 Å². The summed E-state index contributed by atoms with van der Waals surface area (Å²) in [5.41, 5.74) is 0.403. The normalized spacial score (nSPS) is 17.3. The summed E-state index contributed by atoms with van der Waals surface area (Å²) in [5.74, 6) is -1.38. The quantitative estimate of drug-likeness (QED) is 0.649. The van der Waals surface area contributed by atoms with Gasteiger partial charge in [-0.25, -0.2) is 4.39 Å². The number of nitrogens with zero attached hydrogens (tertiary/aromatic N) is 1. The lowest BCUT2D eigenvalue weighted by Crippen LogP contribution is -2.56. The summed E-state index contributed by atoms with van der Waals surface area (Å²) in [6.45, 7) is 0.804. The fourth-order valence-electron chi connectivity index (χ4n) is 2.67. The number of hydrogen-bond donors (Lipinski definition) is 2. The van der Waals surface area contributed by atoms with Crippen molar-refractivity contribution in [2.75, 3.05) is 33.9 Å². The molecule has 0 bridgehead atoms. The Morgan fingerprint density at radius 3 is 2.81 bits per heavy atom. The highest BCUT2D eigenvalue weighted by molar-refractivity contribution is 5.90. The highest BCUT2D eigenvalue weighted by Crippen LogP contribution is 2.20. The van der Waals surface area contributed by atoms with Gasteiger partial charge < -0.3 is 20.1 Å². The van der Waals surface area contributed by atoms with Crippen LogP contribution in [0.1, 0.15) is 12.0 Å². The van der Waals surface area contributed by atoms with E-state index >= 15 is 0 Å². The Labute approximate surface area is 150 Å². The smallest absolute Gasteiger partial charge is 0.325 e. The largest absolute Gasteiger partial charge is 0.497 e. The molecule has 142 valence electrons. The lowest BCUT2D eigenvalue weighted by molar-refractivity contribution is -0.141. The van der Waals surface area contributed by atoms with Crippen molar-refractivity contribution in [3.05, 3.63) is 29.6 Å². The maximum absolute atomic E-state index is 14.2. The summed E-state index contributed by atoms with van der Waals surface area (Å²) < 4.78 is 23.6. The van der Waals surface area contributed by atoms with E-state index in [0.29, 0.717) is 24.4 Å². The van der Waals surface area contributed by atoms with E-state index < -0.39 is 23.7 Å². The molecule has 0 aliphatic carbocycles. The standard InChI is InChI=1S/C17H22FN3O5/c1-25-12-4-3-11(13(18)7-12)10-21-6-5-19-17(24)14(21)8-15(22)20-9-16(23)26-2/h3-4,7,14H,5-6,8-10H2,1-2H3,(H,19,24)(H,20,22)/t14-/m1/s1. The van der Waals surface area contributed by atoms with Gasteiger partial charge in [-0.15, -0.1) is 0 Å². The lowest BCUT2D eigenvalue weighted by atomic mass is 10.1. The third-order valence-corrected chi connectivity index (χ3v) is 4.11. The Balaban J connectivity index is 2.04. The second kappa shape index (κ2) is 9.14. The van der Waals surface area contributed by atoms with Crippen LogP contribution in [0, 0.1) is 5.82 Å². The van der Waals surface area contributed by atoms with Crippen LogP contribution in [-0.4, -0.2) is 62.6 Å². The van der Waals surface area contributed by atoms with E-state index in [1.54, 1.807) is 17.0 Å². The number of carbonyl (C=O) groups is 3. The number of halogens is 1. The van der Waals surface area contributed by atoms with Crippen LogP contribution in [0.5, 0.6) is 5.75 Å². The second-order valence-electron chi connectivity index (χ2n) is 5.79. The van der Waals surface area contributed by atoms with Crippen LogP contribution in [0.4, 0.5) is 4.39 Å². The Morgan fingerprint density at radius 1 is 1.38 bits per heavy atom. The van der Waals surface area contributed by atoms with Gasteiger partial charge in [0.15, 0.2) is 0 Å². The Bertz CT molecular complexity index is 682. The van der Waals surface area contributed by atoms with E-state index in [1.807, 2.05) is 0 Å². The van der Waals surface area contributed by atoms with Crippen molar-refractivity contribution >= 4 is 17.8 Å². The Morgan fingerprint density at radius 2 is 2.15 bits per heavy atom. The number of ether oxygens (including phenoxy) is 2. The van der Waals surface area contributed by atoms with Crippen LogP contribution >= 0.6 is 0 Å². The Hall–Kier alpha value is -2.68. The molecule has 1 atom stereocenters. The molecule has 1 aliphatic rings. The van der Waals surface area contributed by atoms with E-state index in [1.165, 1.54) is 20.3 Å². The fourth-order valence-corrected chi connectivity index (χ4v) is 2.67. The zero-order chi connectivity index (χ0) is 19.1. The van der Waals surface area contributed by atoms with Gasteiger partial charge in [0, 0.05) is 31.3 Å². The van der Waals surface area contributed by atoms with Crippen LogP contribution in [0.3, 0.4) is 0 Å². The summed E-state index contributed by atoms with van der Waals surface area (Å²) >= 11 is 0. The van der Waals surface area contributed by atoms with Gasteiger partial charge in [-0.3, -0.25) is 19.3 Å². The topological polar surface area (TPSA) is 97.0 Å². The maximum atomic E-state index is 14.2. The summed E-state index contributed by atoms with van der Waals surface area (Å²) in [5, 5.41) is 5.10. The minimum Gasteiger partial charge on any atom is -0.497 e. The molecule has 1 saturated heterocycles. The van der Waals surface area contributed by atoms with Gasteiger partial charge in [-0.2, -0.15) is 0 Å². The zero-order valence-corrected chi connectivity index (χ0v) is 14.7. The van der Waals surface area contributed by atoms with E-state index in [4.69, 9.17) is 4.74 Å². The predicted octanol–water partition coefficient (Wildman–Crippen LogP) is -0.186. The van der Waals surface area contributed by atoms with Crippen molar-refractivity contribution in [2.24, 2.45) is 0 Å². The monoisotopic (exact) mass is 367 g/mol. The molecule has 0 spiro atoms. The molecule has 9 heteroatoms. The third kappa shape index (κ3) is 5.16. The maximum Gasteiger partial charge on any atom is 0.325 e. The molecule has 1 heterocycles. The molecule has 26 heavy (non-hydrogen) atoms. The molecule has 0 unspecified atom stereocenters. The van der Waals surface area contributed by atoms with Gasteiger partial charge in [-0.05, 0) is 6.07 Å². The van der Waals surface area contributed by atoms with Crippen LogP contribution in [0.15, 0.2) is 18.2 Å². The second-order valence-corrected chi connectivity index (χ2v) is 5.79. The van der Waals surface area contributed by atoms with Gasteiger partial charge in [0.05, 0.1) is 26.7 Å². The van der Waals surface area contributed by atoms with Gasteiger partial charge in [0.1, 0.15) is 18.1 Å². The molecule has 1 aromatic carbocycles. The van der Waals surface area contributed by atoms with Crippen molar-refractivity contribution in [3.8, 4) is 5.75 Å². The van der Waals surface area contributed by atoms with Crippen LogP contribution in [0.25, 0.3) is 0 Å². The van der Waals surface area contributed by atoms with Crippen molar-refractivity contribution in [3.63, 3.8) is 0 Å². The number of esters is 1. The molecule has 1 aliphatic heterocycles. The first-order valence-electron chi connectivity index (χ1n) is 8.12. The van der Waals surface area contributed by atoms with Crippen molar-refractivity contribution in [1.29, 1.82) is 0 Å². The highest BCUT2D eigenvalue weighted by atomic mass is 19.1.